The molecule has 0 aromatic carbocycles. The van der Waals surface area contributed by atoms with Crippen LogP contribution >= 0.6 is 0 Å². The number of nitriles is 1. The van der Waals surface area contributed by atoms with Gasteiger partial charge < -0.3 is 9.47 Å². The summed E-state index contributed by atoms with van der Waals surface area (Å²) in [4.78, 5) is 0. The van der Waals surface area contributed by atoms with Gasteiger partial charge >= 0.3 is 0 Å². The SMILES string of the molecule is C=CC[C@H]1CO[C@H]([C@H]2CC[C@H](C#N)CC2)OC1. The predicted octanol–water partition coefficient (Wildman–Crippen LogP) is 2.88. The smallest absolute Gasteiger partial charge is 0.160 e. The molecule has 1 saturated carbocycles. The minimum Gasteiger partial charge on any atom is -0.352 e. The molecular weight excluding hydrogens is 214 g/mol. The first kappa shape index (κ1) is 12.6. The van der Waals surface area contributed by atoms with Crippen LogP contribution in [-0.2, 0) is 9.47 Å². The summed E-state index contributed by atoms with van der Waals surface area (Å²) >= 11 is 0. The zero-order valence-corrected chi connectivity index (χ0v) is 10.3. The Morgan fingerprint density at radius 2 is 1.82 bits per heavy atom. The van der Waals surface area contributed by atoms with Crippen LogP contribution in [0.15, 0.2) is 12.7 Å². The fraction of sp³-hybridized carbons (Fsp3) is 0.786. The van der Waals surface area contributed by atoms with Crippen LogP contribution in [0.2, 0.25) is 0 Å². The summed E-state index contributed by atoms with van der Waals surface area (Å²) in [5.41, 5.74) is 0. The fourth-order valence-corrected chi connectivity index (χ4v) is 2.72. The zero-order valence-electron chi connectivity index (χ0n) is 10.3. The molecule has 0 aromatic heterocycles. The second-order valence-corrected chi connectivity index (χ2v) is 5.17. The first-order valence-corrected chi connectivity index (χ1v) is 6.57. The van der Waals surface area contributed by atoms with Crippen LogP contribution in [0.25, 0.3) is 0 Å². The molecule has 0 spiro atoms. The van der Waals surface area contributed by atoms with Gasteiger partial charge in [0.15, 0.2) is 6.29 Å². The Hall–Kier alpha value is -0.850. The largest absolute Gasteiger partial charge is 0.352 e. The van der Waals surface area contributed by atoms with Crippen LogP contribution in [0, 0.1) is 29.1 Å². The predicted molar refractivity (Wildman–Crippen MR) is 65.1 cm³/mol. The van der Waals surface area contributed by atoms with Crippen LogP contribution in [0.3, 0.4) is 0 Å². The molecule has 3 heteroatoms. The molecule has 0 aromatic rings. The molecule has 1 aliphatic carbocycles. The minimum absolute atomic E-state index is 0.0318. The molecular formula is C14H21NO2. The number of hydrogen-bond acceptors (Lipinski definition) is 3. The van der Waals surface area contributed by atoms with Gasteiger partial charge in [-0.15, -0.1) is 6.58 Å². The summed E-state index contributed by atoms with van der Waals surface area (Å²) in [7, 11) is 0. The van der Waals surface area contributed by atoms with E-state index in [2.05, 4.69) is 12.6 Å². The fourth-order valence-electron chi connectivity index (χ4n) is 2.72. The normalized spacial score (nSPS) is 38.3. The monoisotopic (exact) mass is 235 g/mol. The molecule has 1 saturated heterocycles. The van der Waals surface area contributed by atoms with E-state index >= 15 is 0 Å². The van der Waals surface area contributed by atoms with E-state index in [4.69, 9.17) is 14.7 Å². The van der Waals surface area contributed by atoms with Crippen molar-refractivity contribution in [3.05, 3.63) is 12.7 Å². The molecule has 2 fully saturated rings. The Morgan fingerprint density at radius 3 is 2.35 bits per heavy atom. The Morgan fingerprint density at radius 1 is 1.18 bits per heavy atom. The Balaban J connectivity index is 1.74. The molecule has 1 heterocycles. The molecule has 1 aliphatic heterocycles. The highest BCUT2D eigenvalue weighted by atomic mass is 16.7. The molecule has 0 unspecified atom stereocenters. The van der Waals surface area contributed by atoms with Gasteiger partial charge in [-0.1, -0.05) is 6.08 Å². The quantitative estimate of drug-likeness (QED) is 0.706. The van der Waals surface area contributed by atoms with Gasteiger partial charge in [0.05, 0.1) is 19.3 Å². The minimum atomic E-state index is -0.0318. The van der Waals surface area contributed by atoms with Crippen molar-refractivity contribution < 1.29 is 9.47 Å². The number of ether oxygens (including phenoxy) is 2. The summed E-state index contributed by atoms with van der Waals surface area (Å²) in [5, 5.41) is 8.86. The van der Waals surface area contributed by atoms with Crippen molar-refractivity contribution in [1.82, 2.24) is 0 Å². The van der Waals surface area contributed by atoms with Gasteiger partial charge in [-0.05, 0) is 32.1 Å². The molecule has 0 bridgehead atoms. The molecule has 3 nitrogen and oxygen atoms in total. The molecule has 0 atom stereocenters. The van der Waals surface area contributed by atoms with Crippen molar-refractivity contribution in [1.29, 1.82) is 5.26 Å². The third kappa shape index (κ3) is 3.31. The average molecular weight is 235 g/mol. The molecule has 17 heavy (non-hydrogen) atoms. The van der Waals surface area contributed by atoms with E-state index in [9.17, 15) is 0 Å². The number of rotatable bonds is 3. The van der Waals surface area contributed by atoms with Crippen molar-refractivity contribution in [3.8, 4) is 6.07 Å². The highest BCUT2D eigenvalue weighted by molar-refractivity contribution is 4.88. The molecule has 0 N–H and O–H groups in total. The topological polar surface area (TPSA) is 42.2 Å². The highest BCUT2D eigenvalue weighted by Gasteiger charge is 2.32. The maximum absolute atomic E-state index is 8.86. The third-order valence-electron chi connectivity index (χ3n) is 3.83. The van der Waals surface area contributed by atoms with Gasteiger partial charge in [-0.2, -0.15) is 5.26 Å². The first-order chi connectivity index (χ1) is 8.33. The molecule has 94 valence electrons. The van der Waals surface area contributed by atoms with Gasteiger partial charge in [0.25, 0.3) is 0 Å². The lowest BCUT2D eigenvalue weighted by Gasteiger charge is -2.36. The van der Waals surface area contributed by atoms with Gasteiger partial charge in [-0.25, -0.2) is 0 Å². The van der Waals surface area contributed by atoms with E-state index in [1.165, 1.54) is 0 Å². The van der Waals surface area contributed by atoms with Crippen LogP contribution in [0.5, 0.6) is 0 Å². The average Bonchev–Trinajstić information content (AvgIpc) is 2.40. The maximum atomic E-state index is 8.86. The van der Waals surface area contributed by atoms with Crippen molar-refractivity contribution in [2.24, 2.45) is 17.8 Å². The maximum Gasteiger partial charge on any atom is 0.160 e. The summed E-state index contributed by atoms with van der Waals surface area (Å²) in [6, 6.07) is 2.36. The highest BCUT2D eigenvalue weighted by Crippen LogP contribution is 2.33. The van der Waals surface area contributed by atoms with Crippen molar-refractivity contribution in [3.63, 3.8) is 0 Å². The van der Waals surface area contributed by atoms with Gasteiger partial charge in [0, 0.05) is 17.8 Å². The van der Waals surface area contributed by atoms with E-state index in [0.717, 1.165) is 45.3 Å². The summed E-state index contributed by atoms with van der Waals surface area (Å²) in [6.07, 6.45) is 6.99. The van der Waals surface area contributed by atoms with Gasteiger partial charge in [0.2, 0.25) is 0 Å². The van der Waals surface area contributed by atoms with E-state index < -0.39 is 0 Å². The molecule has 2 aliphatic rings. The Labute approximate surface area is 103 Å². The summed E-state index contributed by atoms with van der Waals surface area (Å²) in [6.45, 7) is 5.31. The van der Waals surface area contributed by atoms with E-state index in [1.54, 1.807) is 0 Å². The number of nitrogens with zero attached hydrogens (tertiary/aromatic N) is 1. The summed E-state index contributed by atoms with van der Waals surface area (Å²) < 4.78 is 11.6. The van der Waals surface area contributed by atoms with Crippen LogP contribution in [0.1, 0.15) is 32.1 Å². The molecule has 0 amide bonds. The van der Waals surface area contributed by atoms with Crippen molar-refractivity contribution in [2.75, 3.05) is 13.2 Å². The Kier molecular flexibility index (Phi) is 4.58. The lowest BCUT2D eigenvalue weighted by molar-refractivity contribution is -0.228. The molecule has 2 rings (SSSR count). The van der Waals surface area contributed by atoms with Crippen molar-refractivity contribution >= 4 is 0 Å². The van der Waals surface area contributed by atoms with Crippen molar-refractivity contribution in [2.45, 2.75) is 38.4 Å². The first-order valence-electron chi connectivity index (χ1n) is 6.57. The molecule has 0 radical (unpaired) electrons. The lowest BCUT2D eigenvalue weighted by Crippen LogP contribution is -2.38. The lowest BCUT2D eigenvalue weighted by atomic mass is 9.82. The second-order valence-electron chi connectivity index (χ2n) is 5.17. The van der Waals surface area contributed by atoms with Crippen LogP contribution in [0.4, 0.5) is 0 Å². The summed E-state index contributed by atoms with van der Waals surface area (Å²) in [5.74, 6) is 1.21. The van der Waals surface area contributed by atoms with E-state index in [1.807, 2.05) is 6.08 Å². The van der Waals surface area contributed by atoms with Gasteiger partial charge in [0.1, 0.15) is 0 Å². The number of allylic oxidation sites excluding steroid dienone is 1. The Bertz CT molecular complexity index is 281. The second kappa shape index (κ2) is 6.18. The van der Waals surface area contributed by atoms with Gasteiger partial charge in [-0.3, -0.25) is 0 Å². The third-order valence-corrected chi connectivity index (χ3v) is 3.83. The van der Waals surface area contributed by atoms with E-state index in [0.29, 0.717) is 11.8 Å². The number of hydrogen-bond donors (Lipinski definition) is 0. The van der Waals surface area contributed by atoms with Crippen LogP contribution < -0.4 is 0 Å². The van der Waals surface area contributed by atoms with E-state index in [-0.39, 0.29) is 12.2 Å². The standard InChI is InChI=1S/C14H21NO2/c1-2-3-12-9-16-14(17-10-12)13-6-4-11(8-15)5-7-13/h2,11-14H,1,3-7,9-10H2/t11-,12-,13-,14-. The zero-order chi connectivity index (χ0) is 12.1. The van der Waals surface area contributed by atoms with Crippen LogP contribution in [-0.4, -0.2) is 19.5 Å².